The summed E-state index contributed by atoms with van der Waals surface area (Å²) in [7, 11) is 3.86. The van der Waals surface area contributed by atoms with Crippen molar-refractivity contribution in [3.63, 3.8) is 0 Å². The van der Waals surface area contributed by atoms with Crippen molar-refractivity contribution in [2.24, 2.45) is 0 Å². The number of nitrogens with one attached hydrogen (secondary N) is 1. The molecule has 0 saturated carbocycles. The van der Waals surface area contributed by atoms with E-state index in [-0.39, 0.29) is 16.9 Å². The minimum absolute atomic E-state index is 0.0567. The number of anilines is 1. The quantitative estimate of drug-likeness (QED) is 0.351. The molecule has 0 spiro atoms. The van der Waals surface area contributed by atoms with Crippen molar-refractivity contribution in [3.8, 4) is 17.5 Å². The molecule has 3 heterocycles. The molecule has 5 rings (SSSR count). The molecule has 1 amide bonds. The molecule has 0 aliphatic carbocycles. The lowest BCUT2D eigenvalue weighted by Crippen LogP contribution is -2.33. The molecule has 0 saturated heterocycles. The normalized spacial score (nSPS) is 11.9. The fourth-order valence-electron chi connectivity index (χ4n) is 4.22. The lowest BCUT2D eigenvalue weighted by Gasteiger charge is -2.20. The molecule has 2 aromatic carbocycles. The first-order valence-corrected chi connectivity index (χ1v) is 12.0. The van der Waals surface area contributed by atoms with Gasteiger partial charge in [0.1, 0.15) is 11.4 Å². The van der Waals surface area contributed by atoms with Crippen LogP contribution in [0.4, 0.5) is 5.82 Å². The topological polar surface area (TPSA) is 123 Å². The van der Waals surface area contributed by atoms with Gasteiger partial charge in [-0.1, -0.05) is 36.1 Å². The highest BCUT2D eigenvalue weighted by Crippen LogP contribution is 2.22. The van der Waals surface area contributed by atoms with Crippen LogP contribution < -0.4 is 16.6 Å². The Morgan fingerprint density at radius 2 is 1.92 bits per heavy atom. The SMILES string of the molecule is C[C@@H](NC(=O)c1c(N)nn2cccnc12)c1nc2cccc(C#CCN(C)C)c2c(=O)n1-c1ccccc1. The summed E-state index contributed by atoms with van der Waals surface area (Å²) in [6.45, 7) is 2.32. The number of para-hydroxylation sites is 1. The second kappa shape index (κ2) is 10.2. The molecule has 1 atom stereocenters. The van der Waals surface area contributed by atoms with Crippen LogP contribution in [0.15, 0.2) is 71.8 Å². The molecule has 0 aliphatic heterocycles. The summed E-state index contributed by atoms with van der Waals surface area (Å²) in [6, 6.07) is 15.6. The maximum atomic E-state index is 14.0. The third-order valence-corrected chi connectivity index (χ3v) is 5.94. The molecule has 0 aliphatic rings. The minimum Gasteiger partial charge on any atom is -0.381 e. The first kappa shape index (κ1) is 24.7. The molecule has 3 aromatic heterocycles. The summed E-state index contributed by atoms with van der Waals surface area (Å²) in [5.74, 6) is 6.16. The van der Waals surface area contributed by atoms with E-state index in [0.717, 1.165) is 0 Å². The van der Waals surface area contributed by atoms with E-state index in [1.54, 1.807) is 31.5 Å². The zero-order valence-electron chi connectivity index (χ0n) is 21.2. The van der Waals surface area contributed by atoms with Crippen molar-refractivity contribution in [1.29, 1.82) is 0 Å². The van der Waals surface area contributed by atoms with E-state index in [4.69, 9.17) is 10.7 Å². The zero-order chi connectivity index (χ0) is 26.8. The largest absolute Gasteiger partial charge is 0.381 e. The Hall–Kier alpha value is -5.01. The van der Waals surface area contributed by atoms with Gasteiger partial charge in [0.2, 0.25) is 0 Å². The average molecular weight is 507 g/mol. The second-order valence-corrected chi connectivity index (χ2v) is 9.03. The first-order valence-electron chi connectivity index (χ1n) is 12.0. The number of nitrogens with zero attached hydrogens (tertiary/aromatic N) is 6. The van der Waals surface area contributed by atoms with Crippen LogP contribution in [0, 0.1) is 11.8 Å². The van der Waals surface area contributed by atoms with Crippen molar-refractivity contribution in [3.05, 3.63) is 94.3 Å². The monoisotopic (exact) mass is 506 g/mol. The molecule has 0 fully saturated rings. The minimum atomic E-state index is -0.665. The molecule has 10 nitrogen and oxygen atoms in total. The van der Waals surface area contributed by atoms with Crippen LogP contribution in [0.2, 0.25) is 0 Å². The van der Waals surface area contributed by atoms with Gasteiger partial charge in [0.25, 0.3) is 11.5 Å². The molecule has 190 valence electrons. The molecule has 0 bridgehead atoms. The van der Waals surface area contributed by atoms with Gasteiger partial charge in [-0.15, -0.1) is 5.10 Å². The Kier molecular flexibility index (Phi) is 6.60. The van der Waals surface area contributed by atoms with E-state index < -0.39 is 11.9 Å². The third-order valence-electron chi connectivity index (χ3n) is 5.94. The Morgan fingerprint density at radius 1 is 1.13 bits per heavy atom. The number of rotatable bonds is 5. The lowest BCUT2D eigenvalue weighted by atomic mass is 10.1. The van der Waals surface area contributed by atoms with Crippen molar-refractivity contribution >= 4 is 28.3 Å². The van der Waals surface area contributed by atoms with Gasteiger partial charge in [-0.25, -0.2) is 14.5 Å². The van der Waals surface area contributed by atoms with E-state index in [2.05, 4.69) is 27.2 Å². The summed E-state index contributed by atoms with van der Waals surface area (Å²) in [5, 5.41) is 7.51. The van der Waals surface area contributed by atoms with E-state index in [1.807, 2.05) is 61.5 Å². The predicted molar refractivity (Wildman–Crippen MR) is 146 cm³/mol. The van der Waals surface area contributed by atoms with E-state index in [0.29, 0.717) is 40.2 Å². The number of benzene rings is 2. The first-order chi connectivity index (χ1) is 18.3. The van der Waals surface area contributed by atoms with Crippen LogP contribution in [-0.2, 0) is 0 Å². The average Bonchev–Trinajstić information content (AvgIpc) is 3.24. The standard InChI is InChI=1S/C28H26N8O2/c1-18(31-27(37)23-24(29)33-35-17-9-15-30-26(23)35)25-32-21-14-7-10-19(11-8-16-34(2)3)22(21)28(38)36(25)20-12-5-4-6-13-20/h4-7,9-10,12-15,17-18H,16H2,1-3H3,(H2,29,33)(H,31,37)/t18-/m1/s1. The Bertz CT molecular complexity index is 1780. The number of nitrogens with two attached hydrogens (primary N) is 1. The van der Waals surface area contributed by atoms with Crippen LogP contribution in [0.1, 0.15) is 34.7 Å². The maximum Gasteiger partial charge on any atom is 0.267 e. The molecule has 3 N–H and O–H groups in total. The summed E-state index contributed by atoms with van der Waals surface area (Å²) in [4.78, 5) is 38.4. The number of aromatic nitrogens is 5. The van der Waals surface area contributed by atoms with Gasteiger partial charge >= 0.3 is 0 Å². The fourth-order valence-corrected chi connectivity index (χ4v) is 4.22. The third kappa shape index (κ3) is 4.58. The number of hydrogen-bond donors (Lipinski definition) is 2. The smallest absolute Gasteiger partial charge is 0.267 e. The number of amides is 1. The highest BCUT2D eigenvalue weighted by Gasteiger charge is 2.24. The van der Waals surface area contributed by atoms with Crippen LogP contribution in [0.3, 0.4) is 0 Å². The lowest BCUT2D eigenvalue weighted by molar-refractivity contribution is 0.0940. The molecule has 0 unspecified atom stereocenters. The molecule has 0 radical (unpaired) electrons. The second-order valence-electron chi connectivity index (χ2n) is 9.03. The van der Waals surface area contributed by atoms with Gasteiger partial charge in [0.15, 0.2) is 11.5 Å². The molecule has 10 heteroatoms. The summed E-state index contributed by atoms with van der Waals surface area (Å²) >= 11 is 0. The van der Waals surface area contributed by atoms with Crippen LogP contribution in [0.5, 0.6) is 0 Å². The van der Waals surface area contributed by atoms with Crippen molar-refractivity contribution < 1.29 is 4.79 Å². The Morgan fingerprint density at radius 3 is 2.68 bits per heavy atom. The summed E-state index contributed by atoms with van der Waals surface area (Å²) < 4.78 is 2.96. The van der Waals surface area contributed by atoms with Gasteiger partial charge in [-0.3, -0.25) is 19.1 Å². The highest BCUT2D eigenvalue weighted by molar-refractivity contribution is 6.04. The summed E-state index contributed by atoms with van der Waals surface area (Å²) in [5.41, 5.74) is 7.97. The van der Waals surface area contributed by atoms with E-state index >= 15 is 0 Å². The number of nitrogen functional groups attached to an aromatic ring is 1. The Balaban J connectivity index is 1.63. The number of carbonyl (C=O) groups is 1. The number of hydrogen-bond acceptors (Lipinski definition) is 7. The van der Waals surface area contributed by atoms with Gasteiger partial charge in [0.05, 0.1) is 29.2 Å². The van der Waals surface area contributed by atoms with Crippen LogP contribution in [0.25, 0.3) is 22.2 Å². The van der Waals surface area contributed by atoms with Gasteiger partial charge in [0, 0.05) is 18.0 Å². The Labute approximate surface area is 218 Å². The van der Waals surface area contributed by atoms with Crippen molar-refractivity contribution in [2.75, 3.05) is 26.4 Å². The van der Waals surface area contributed by atoms with Gasteiger partial charge < -0.3 is 11.1 Å². The fraction of sp³-hybridized carbons (Fsp3) is 0.179. The van der Waals surface area contributed by atoms with Crippen LogP contribution >= 0.6 is 0 Å². The number of fused-ring (bicyclic) bond motifs is 2. The molecular weight excluding hydrogens is 480 g/mol. The molecule has 38 heavy (non-hydrogen) atoms. The molecular formula is C28H26N8O2. The predicted octanol–water partition coefficient (Wildman–Crippen LogP) is 2.41. The molecule has 5 aromatic rings. The van der Waals surface area contributed by atoms with E-state index in [9.17, 15) is 9.59 Å². The number of carbonyl (C=O) groups excluding carboxylic acids is 1. The maximum absolute atomic E-state index is 14.0. The summed E-state index contributed by atoms with van der Waals surface area (Å²) in [6.07, 6.45) is 3.23. The van der Waals surface area contributed by atoms with Crippen LogP contribution in [-0.4, -0.2) is 55.6 Å². The van der Waals surface area contributed by atoms with Gasteiger partial charge in [-0.2, -0.15) is 0 Å². The van der Waals surface area contributed by atoms with Gasteiger partial charge in [-0.05, 0) is 51.4 Å². The zero-order valence-corrected chi connectivity index (χ0v) is 21.2. The van der Waals surface area contributed by atoms with Crippen molar-refractivity contribution in [1.82, 2.24) is 34.4 Å². The van der Waals surface area contributed by atoms with E-state index in [1.165, 1.54) is 9.08 Å². The highest BCUT2D eigenvalue weighted by atomic mass is 16.2. The van der Waals surface area contributed by atoms with Crippen molar-refractivity contribution in [2.45, 2.75) is 13.0 Å².